The number of carbonyl (C=O) groups excluding carboxylic acids is 1. The zero-order valence-electron chi connectivity index (χ0n) is 10.2. The first-order valence-corrected chi connectivity index (χ1v) is 6.01. The number of rotatable bonds is 3. The molecule has 2 rings (SSSR count). The Labute approximate surface area is 115 Å². The van der Waals surface area contributed by atoms with Gasteiger partial charge in [-0.3, -0.25) is 4.79 Å². The molecule has 19 heavy (non-hydrogen) atoms. The monoisotopic (exact) mass is 274 g/mol. The van der Waals surface area contributed by atoms with Crippen molar-refractivity contribution in [3.63, 3.8) is 0 Å². The van der Waals surface area contributed by atoms with Gasteiger partial charge in [0.1, 0.15) is 0 Å². The molecule has 3 nitrogen and oxygen atoms in total. The Morgan fingerprint density at radius 1 is 1.05 bits per heavy atom. The highest BCUT2D eigenvalue weighted by molar-refractivity contribution is 6.33. The molecule has 0 amide bonds. The smallest absolute Gasteiger partial charge is 0.335 e. The maximum Gasteiger partial charge on any atom is 0.335 e. The van der Waals surface area contributed by atoms with Gasteiger partial charge in [-0.25, -0.2) is 4.79 Å². The topological polar surface area (TPSA) is 54.4 Å². The highest BCUT2D eigenvalue weighted by Gasteiger charge is 2.10. The van der Waals surface area contributed by atoms with E-state index < -0.39 is 5.97 Å². The Bertz CT molecular complexity index is 662. The number of aromatic carboxylic acids is 1. The molecule has 0 aliphatic rings. The second-order valence-corrected chi connectivity index (χ2v) is 4.54. The van der Waals surface area contributed by atoms with E-state index in [1.807, 2.05) is 0 Å². The molecule has 96 valence electrons. The van der Waals surface area contributed by atoms with Crippen LogP contribution in [-0.4, -0.2) is 16.9 Å². The minimum absolute atomic E-state index is 0.0627. The van der Waals surface area contributed by atoms with Crippen molar-refractivity contribution in [1.82, 2.24) is 0 Å². The van der Waals surface area contributed by atoms with Gasteiger partial charge in [-0.15, -0.1) is 0 Å². The molecule has 0 atom stereocenters. The molecular formula is C15H11ClO3. The number of halogens is 1. The van der Waals surface area contributed by atoms with Crippen LogP contribution in [0.4, 0.5) is 0 Å². The van der Waals surface area contributed by atoms with Crippen molar-refractivity contribution in [2.24, 2.45) is 0 Å². The lowest BCUT2D eigenvalue weighted by atomic mass is 10.00. The van der Waals surface area contributed by atoms with E-state index in [1.165, 1.54) is 19.1 Å². The summed E-state index contributed by atoms with van der Waals surface area (Å²) in [7, 11) is 0. The van der Waals surface area contributed by atoms with Crippen LogP contribution in [0.2, 0.25) is 5.02 Å². The van der Waals surface area contributed by atoms with Crippen molar-refractivity contribution in [2.45, 2.75) is 6.92 Å². The second kappa shape index (κ2) is 5.24. The van der Waals surface area contributed by atoms with Crippen molar-refractivity contribution in [1.29, 1.82) is 0 Å². The lowest BCUT2D eigenvalue weighted by Gasteiger charge is -2.07. The standard InChI is InChI=1S/C15H11ClO3/c1-9(17)10-5-6-14(16)13(8-10)11-3-2-4-12(7-11)15(18)19/h2-8H,1H3,(H,18,19). The van der Waals surface area contributed by atoms with Crippen LogP contribution in [0.5, 0.6) is 0 Å². The molecule has 0 saturated carbocycles. The van der Waals surface area contributed by atoms with Crippen LogP contribution in [0.25, 0.3) is 11.1 Å². The molecular weight excluding hydrogens is 264 g/mol. The third kappa shape index (κ3) is 2.83. The van der Waals surface area contributed by atoms with Crippen LogP contribution >= 0.6 is 11.6 Å². The van der Waals surface area contributed by atoms with E-state index >= 15 is 0 Å². The number of benzene rings is 2. The number of carboxylic acid groups (broad SMARTS) is 1. The highest BCUT2D eigenvalue weighted by Crippen LogP contribution is 2.29. The van der Waals surface area contributed by atoms with E-state index in [-0.39, 0.29) is 11.3 Å². The molecule has 0 bridgehead atoms. The van der Waals surface area contributed by atoms with Crippen molar-refractivity contribution in [2.75, 3.05) is 0 Å². The van der Waals surface area contributed by atoms with Crippen LogP contribution in [-0.2, 0) is 0 Å². The van der Waals surface area contributed by atoms with E-state index in [4.69, 9.17) is 16.7 Å². The van der Waals surface area contributed by atoms with E-state index in [9.17, 15) is 9.59 Å². The molecule has 2 aromatic rings. The Morgan fingerprint density at radius 3 is 2.42 bits per heavy atom. The Kier molecular flexibility index (Phi) is 3.67. The molecule has 0 aliphatic carbocycles. The highest BCUT2D eigenvalue weighted by atomic mass is 35.5. The summed E-state index contributed by atoms with van der Waals surface area (Å²) in [4.78, 5) is 22.3. The minimum Gasteiger partial charge on any atom is -0.478 e. The van der Waals surface area contributed by atoms with Gasteiger partial charge in [-0.2, -0.15) is 0 Å². The van der Waals surface area contributed by atoms with Crippen molar-refractivity contribution < 1.29 is 14.7 Å². The van der Waals surface area contributed by atoms with Gasteiger partial charge in [0, 0.05) is 16.1 Å². The molecule has 0 heterocycles. The van der Waals surface area contributed by atoms with Crippen LogP contribution < -0.4 is 0 Å². The van der Waals surface area contributed by atoms with Gasteiger partial charge < -0.3 is 5.11 Å². The van der Waals surface area contributed by atoms with Gasteiger partial charge in [-0.1, -0.05) is 23.7 Å². The van der Waals surface area contributed by atoms with Crippen LogP contribution in [0.3, 0.4) is 0 Å². The minimum atomic E-state index is -0.999. The van der Waals surface area contributed by atoms with Gasteiger partial charge in [-0.05, 0) is 42.8 Å². The Balaban J connectivity index is 2.57. The molecule has 0 radical (unpaired) electrons. The van der Waals surface area contributed by atoms with E-state index in [0.29, 0.717) is 21.7 Å². The third-order valence-corrected chi connectivity index (χ3v) is 3.12. The Hall–Kier alpha value is -2.13. The molecule has 2 aromatic carbocycles. The van der Waals surface area contributed by atoms with E-state index in [0.717, 1.165) is 0 Å². The van der Waals surface area contributed by atoms with Crippen LogP contribution in [0.15, 0.2) is 42.5 Å². The predicted molar refractivity (Wildman–Crippen MR) is 73.9 cm³/mol. The molecule has 4 heteroatoms. The van der Waals surface area contributed by atoms with E-state index in [1.54, 1.807) is 30.3 Å². The number of carboxylic acids is 1. The van der Waals surface area contributed by atoms with Gasteiger partial charge in [0.05, 0.1) is 5.56 Å². The quantitative estimate of drug-likeness (QED) is 0.864. The fourth-order valence-electron chi connectivity index (χ4n) is 1.79. The number of ketones is 1. The first-order valence-electron chi connectivity index (χ1n) is 5.63. The first-order chi connectivity index (χ1) is 8.99. The molecule has 1 N–H and O–H groups in total. The average molecular weight is 275 g/mol. The van der Waals surface area contributed by atoms with E-state index in [2.05, 4.69) is 0 Å². The summed E-state index contributed by atoms with van der Waals surface area (Å²) in [5.41, 5.74) is 2.05. The largest absolute Gasteiger partial charge is 0.478 e. The number of hydrogen-bond donors (Lipinski definition) is 1. The summed E-state index contributed by atoms with van der Waals surface area (Å²) in [6.45, 7) is 1.47. The van der Waals surface area contributed by atoms with Crippen molar-refractivity contribution in [3.05, 3.63) is 58.6 Å². The average Bonchev–Trinajstić information content (AvgIpc) is 2.39. The van der Waals surface area contributed by atoms with Crippen molar-refractivity contribution >= 4 is 23.4 Å². The summed E-state index contributed by atoms with van der Waals surface area (Å²) in [6.07, 6.45) is 0. The molecule has 0 aliphatic heterocycles. The zero-order valence-corrected chi connectivity index (χ0v) is 10.9. The summed E-state index contributed by atoms with van der Waals surface area (Å²) < 4.78 is 0. The summed E-state index contributed by atoms with van der Waals surface area (Å²) in [6, 6.07) is 11.4. The lowest BCUT2D eigenvalue weighted by Crippen LogP contribution is -1.97. The normalized spacial score (nSPS) is 10.2. The summed E-state index contributed by atoms with van der Waals surface area (Å²) in [5, 5.41) is 9.46. The maximum atomic E-state index is 11.4. The molecule has 0 fully saturated rings. The fourth-order valence-corrected chi connectivity index (χ4v) is 2.01. The molecule has 0 unspecified atom stereocenters. The van der Waals surface area contributed by atoms with Crippen molar-refractivity contribution in [3.8, 4) is 11.1 Å². The van der Waals surface area contributed by atoms with Gasteiger partial charge in [0.25, 0.3) is 0 Å². The van der Waals surface area contributed by atoms with Crippen LogP contribution in [0, 0.1) is 0 Å². The van der Waals surface area contributed by atoms with Gasteiger partial charge in [0.15, 0.2) is 5.78 Å². The Morgan fingerprint density at radius 2 is 1.79 bits per heavy atom. The zero-order chi connectivity index (χ0) is 14.0. The number of carbonyl (C=O) groups is 2. The maximum absolute atomic E-state index is 11.4. The molecule has 0 spiro atoms. The summed E-state index contributed by atoms with van der Waals surface area (Å²) in [5.74, 6) is -1.06. The lowest BCUT2D eigenvalue weighted by molar-refractivity contribution is 0.0696. The van der Waals surface area contributed by atoms with Crippen LogP contribution in [0.1, 0.15) is 27.6 Å². The molecule has 0 aromatic heterocycles. The fraction of sp³-hybridized carbons (Fsp3) is 0.0667. The first kappa shape index (κ1) is 13.3. The SMILES string of the molecule is CC(=O)c1ccc(Cl)c(-c2cccc(C(=O)O)c2)c1. The molecule has 0 saturated heterocycles. The second-order valence-electron chi connectivity index (χ2n) is 4.14. The van der Waals surface area contributed by atoms with Gasteiger partial charge in [0.2, 0.25) is 0 Å². The predicted octanol–water partition coefficient (Wildman–Crippen LogP) is 3.91. The van der Waals surface area contributed by atoms with Gasteiger partial charge >= 0.3 is 5.97 Å². The number of hydrogen-bond acceptors (Lipinski definition) is 2. The third-order valence-electron chi connectivity index (χ3n) is 2.79. The summed E-state index contributed by atoms with van der Waals surface area (Å²) >= 11 is 6.11. The number of Topliss-reactive ketones (excluding diaryl/α,β-unsaturated/α-hetero) is 1.